The van der Waals surface area contributed by atoms with Crippen molar-refractivity contribution in [3.05, 3.63) is 34.4 Å². The second-order valence-electron chi connectivity index (χ2n) is 5.14. The summed E-state index contributed by atoms with van der Waals surface area (Å²) in [7, 11) is 0. The number of hydrogen-bond acceptors (Lipinski definition) is 3. The first-order valence-electron chi connectivity index (χ1n) is 6.62. The molecule has 1 aromatic carbocycles. The van der Waals surface area contributed by atoms with Crippen LogP contribution in [0.1, 0.15) is 39.9 Å². The molecule has 0 aromatic heterocycles. The standard InChI is InChI=1S/C15H20N2O4/c1-8-6-9(2)13(10(3)7-8)14(19)17-11(15(20)21)4-5-12(16)18/h6-7,11H,4-5H2,1-3H3,(H2,16,18)(H,17,19)(H,20,21)/t11-/m1/s1. The lowest BCUT2D eigenvalue weighted by atomic mass is 9.98. The zero-order chi connectivity index (χ0) is 16.2. The van der Waals surface area contributed by atoms with Crippen molar-refractivity contribution in [2.45, 2.75) is 39.7 Å². The molecule has 0 saturated carbocycles. The summed E-state index contributed by atoms with van der Waals surface area (Å²) >= 11 is 0. The zero-order valence-corrected chi connectivity index (χ0v) is 12.4. The van der Waals surface area contributed by atoms with E-state index >= 15 is 0 Å². The number of carboxylic acid groups (broad SMARTS) is 1. The molecular formula is C15H20N2O4. The van der Waals surface area contributed by atoms with Gasteiger partial charge in [0.25, 0.3) is 5.91 Å². The van der Waals surface area contributed by atoms with Crippen molar-refractivity contribution >= 4 is 17.8 Å². The predicted molar refractivity (Wildman–Crippen MR) is 78.0 cm³/mol. The van der Waals surface area contributed by atoms with E-state index in [2.05, 4.69) is 5.32 Å². The number of amides is 2. The Morgan fingerprint density at radius 3 is 2.14 bits per heavy atom. The summed E-state index contributed by atoms with van der Waals surface area (Å²) < 4.78 is 0. The van der Waals surface area contributed by atoms with Gasteiger partial charge in [-0.2, -0.15) is 0 Å². The quantitative estimate of drug-likeness (QED) is 0.728. The van der Waals surface area contributed by atoms with E-state index < -0.39 is 23.8 Å². The molecule has 0 spiro atoms. The minimum Gasteiger partial charge on any atom is -0.480 e. The van der Waals surface area contributed by atoms with Crippen LogP contribution in [-0.4, -0.2) is 28.9 Å². The van der Waals surface area contributed by atoms with Crippen molar-refractivity contribution in [1.29, 1.82) is 0 Å². The van der Waals surface area contributed by atoms with E-state index in [0.717, 1.165) is 16.7 Å². The van der Waals surface area contributed by atoms with Crippen LogP contribution in [-0.2, 0) is 9.59 Å². The minimum atomic E-state index is -1.19. The second-order valence-corrected chi connectivity index (χ2v) is 5.14. The number of benzene rings is 1. The Morgan fingerprint density at radius 1 is 1.19 bits per heavy atom. The lowest BCUT2D eigenvalue weighted by Crippen LogP contribution is -2.41. The fourth-order valence-corrected chi connectivity index (χ4v) is 2.31. The maximum absolute atomic E-state index is 12.3. The molecule has 1 aromatic rings. The SMILES string of the molecule is Cc1cc(C)c(C(=O)N[C@H](CCC(N)=O)C(=O)O)c(C)c1. The maximum Gasteiger partial charge on any atom is 0.326 e. The Kier molecular flexibility index (Phi) is 5.46. The van der Waals surface area contributed by atoms with Crippen molar-refractivity contribution in [3.63, 3.8) is 0 Å². The Bertz CT molecular complexity index is 558. The smallest absolute Gasteiger partial charge is 0.326 e. The summed E-state index contributed by atoms with van der Waals surface area (Å²) in [5.74, 6) is -2.24. The van der Waals surface area contributed by atoms with Crippen LogP contribution in [0.15, 0.2) is 12.1 Å². The van der Waals surface area contributed by atoms with E-state index in [0.29, 0.717) is 5.56 Å². The van der Waals surface area contributed by atoms with Gasteiger partial charge in [-0.3, -0.25) is 9.59 Å². The van der Waals surface area contributed by atoms with Crippen molar-refractivity contribution in [1.82, 2.24) is 5.32 Å². The molecular weight excluding hydrogens is 272 g/mol. The Hall–Kier alpha value is -2.37. The number of carbonyl (C=O) groups excluding carboxylic acids is 2. The fraction of sp³-hybridized carbons (Fsp3) is 0.400. The van der Waals surface area contributed by atoms with Gasteiger partial charge in [0.15, 0.2) is 0 Å². The van der Waals surface area contributed by atoms with Gasteiger partial charge in [0.05, 0.1) is 0 Å². The number of nitrogens with two attached hydrogens (primary N) is 1. The lowest BCUT2D eigenvalue weighted by Gasteiger charge is -2.16. The summed E-state index contributed by atoms with van der Waals surface area (Å²) in [5.41, 5.74) is 8.06. The van der Waals surface area contributed by atoms with Gasteiger partial charge < -0.3 is 16.2 Å². The molecule has 0 aliphatic heterocycles. The highest BCUT2D eigenvalue weighted by atomic mass is 16.4. The summed E-state index contributed by atoms with van der Waals surface area (Å²) in [6.07, 6.45) is -0.122. The van der Waals surface area contributed by atoms with Crippen LogP contribution in [0, 0.1) is 20.8 Å². The van der Waals surface area contributed by atoms with Gasteiger partial charge in [-0.15, -0.1) is 0 Å². The van der Waals surface area contributed by atoms with E-state index in [1.54, 1.807) is 13.8 Å². The van der Waals surface area contributed by atoms with Gasteiger partial charge in [0.2, 0.25) is 5.91 Å². The normalized spacial score (nSPS) is 11.8. The molecule has 0 aliphatic rings. The van der Waals surface area contributed by atoms with Gasteiger partial charge in [-0.25, -0.2) is 4.79 Å². The van der Waals surface area contributed by atoms with Crippen LogP contribution in [0.4, 0.5) is 0 Å². The van der Waals surface area contributed by atoms with Crippen molar-refractivity contribution in [3.8, 4) is 0 Å². The monoisotopic (exact) mass is 292 g/mol. The summed E-state index contributed by atoms with van der Waals surface area (Å²) in [6.45, 7) is 5.52. The summed E-state index contributed by atoms with van der Waals surface area (Å²) in [4.78, 5) is 34.1. The molecule has 4 N–H and O–H groups in total. The second kappa shape index (κ2) is 6.88. The largest absolute Gasteiger partial charge is 0.480 e. The highest BCUT2D eigenvalue weighted by molar-refractivity contribution is 5.99. The van der Waals surface area contributed by atoms with Crippen LogP contribution < -0.4 is 11.1 Å². The highest BCUT2D eigenvalue weighted by Crippen LogP contribution is 2.16. The molecule has 21 heavy (non-hydrogen) atoms. The van der Waals surface area contributed by atoms with E-state index in [4.69, 9.17) is 10.8 Å². The van der Waals surface area contributed by atoms with Gasteiger partial charge in [0.1, 0.15) is 6.04 Å². The fourth-order valence-electron chi connectivity index (χ4n) is 2.31. The number of hydrogen-bond donors (Lipinski definition) is 3. The maximum atomic E-state index is 12.3. The number of rotatable bonds is 6. The van der Waals surface area contributed by atoms with Gasteiger partial charge in [0, 0.05) is 12.0 Å². The summed E-state index contributed by atoms with van der Waals surface area (Å²) in [5, 5.41) is 11.5. The third-order valence-corrected chi connectivity index (χ3v) is 3.19. The zero-order valence-electron chi connectivity index (χ0n) is 12.4. The number of aliphatic carboxylic acids is 1. The molecule has 1 atom stereocenters. The number of aryl methyl sites for hydroxylation is 3. The third-order valence-electron chi connectivity index (χ3n) is 3.19. The van der Waals surface area contributed by atoms with E-state index in [1.165, 1.54) is 0 Å². The molecule has 2 amide bonds. The Balaban J connectivity index is 2.92. The predicted octanol–water partition coefficient (Wildman–Crippen LogP) is 1.06. The van der Waals surface area contributed by atoms with Crippen LogP contribution >= 0.6 is 0 Å². The lowest BCUT2D eigenvalue weighted by molar-refractivity contribution is -0.139. The first-order valence-corrected chi connectivity index (χ1v) is 6.62. The van der Waals surface area contributed by atoms with Crippen molar-refractivity contribution in [2.75, 3.05) is 0 Å². The third kappa shape index (κ3) is 4.59. The molecule has 6 heteroatoms. The van der Waals surface area contributed by atoms with Crippen LogP contribution in [0.25, 0.3) is 0 Å². The van der Waals surface area contributed by atoms with Crippen LogP contribution in [0.5, 0.6) is 0 Å². The molecule has 0 bridgehead atoms. The average molecular weight is 292 g/mol. The molecule has 1 rings (SSSR count). The van der Waals surface area contributed by atoms with Crippen molar-refractivity contribution < 1.29 is 19.5 Å². The molecule has 0 fully saturated rings. The number of carboxylic acids is 1. The number of carbonyl (C=O) groups is 3. The topological polar surface area (TPSA) is 109 Å². The molecule has 6 nitrogen and oxygen atoms in total. The Labute approximate surface area is 123 Å². The minimum absolute atomic E-state index is 0.0274. The van der Waals surface area contributed by atoms with E-state index in [-0.39, 0.29) is 12.8 Å². The van der Waals surface area contributed by atoms with E-state index in [9.17, 15) is 14.4 Å². The van der Waals surface area contributed by atoms with Gasteiger partial charge in [-0.05, 0) is 38.3 Å². The van der Waals surface area contributed by atoms with Gasteiger partial charge >= 0.3 is 5.97 Å². The summed E-state index contributed by atoms with van der Waals surface area (Å²) in [6, 6.07) is 2.59. The van der Waals surface area contributed by atoms with Crippen LogP contribution in [0.2, 0.25) is 0 Å². The van der Waals surface area contributed by atoms with Gasteiger partial charge in [-0.1, -0.05) is 17.7 Å². The first kappa shape index (κ1) is 16.7. The van der Waals surface area contributed by atoms with E-state index in [1.807, 2.05) is 19.1 Å². The molecule has 0 saturated heterocycles. The van der Waals surface area contributed by atoms with Crippen molar-refractivity contribution in [2.24, 2.45) is 5.73 Å². The number of nitrogens with one attached hydrogen (secondary N) is 1. The molecule has 0 heterocycles. The molecule has 114 valence electrons. The molecule has 0 radical (unpaired) electrons. The Morgan fingerprint density at radius 2 is 1.71 bits per heavy atom. The molecule has 0 aliphatic carbocycles. The highest BCUT2D eigenvalue weighted by Gasteiger charge is 2.22. The van der Waals surface area contributed by atoms with Crippen LogP contribution in [0.3, 0.4) is 0 Å². The first-order chi connectivity index (χ1) is 9.72. The average Bonchev–Trinajstić information content (AvgIpc) is 2.32. The number of primary amides is 1. The molecule has 0 unspecified atom stereocenters.